The van der Waals surface area contributed by atoms with Gasteiger partial charge in [0.2, 0.25) is 0 Å². The lowest BCUT2D eigenvalue weighted by atomic mass is 9.90. The molecule has 2 aromatic rings. The zero-order valence-corrected chi connectivity index (χ0v) is 14.5. The molecule has 0 aliphatic carbocycles. The van der Waals surface area contributed by atoms with Crippen molar-refractivity contribution in [3.63, 3.8) is 0 Å². The van der Waals surface area contributed by atoms with Gasteiger partial charge >= 0.3 is 0 Å². The van der Waals surface area contributed by atoms with Gasteiger partial charge in [-0.25, -0.2) is 0 Å². The highest BCUT2D eigenvalue weighted by Crippen LogP contribution is 2.35. The Bertz CT molecular complexity index is 790. The van der Waals surface area contributed by atoms with Gasteiger partial charge < -0.3 is 13.9 Å². The SMILES string of the molecule is CCc1ccc([C@@H]2C[C@@H](C)CCN2C(=O)c2ccn(C)c(=O)c2)o1. The number of amides is 1. The van der Waals surface area contributed by atoms with Crippen LogP contribution in [-0.2, 0) is 13.5 Å². The van der Waals surface area contributed by atoms with Crippen LogP contribution >= 0.6 is 0 Å². The molecular formula is C19H24N2O3. The second-order valence-electron chi connectivity index (χ2n) is 6.67. The third kappa shape index (κ3) is 3.16. The lowest BCUT2D eigenvalue weighted by Gasteiger charge is -2.37. The number of carbonyl (C=O) groups excluding carboxylic acids is 1. The van der Waals surface area contributed by atoms with Crippen molar-refractivity contribution in [1.82, 2.24) is 9.47 Å². The molecule has 1 saturated heterocycles. The van der Waals surface area contributed by atoms with Gasteiger partial charge in [-0.15, -0.1) is 0 Å². The highest BCUT2D eigenvalue weighted by molar-refractivity contribution is 5.94. The molecule has 5 heteroatoms. The molecule has 1 fully saturated rings. The lowest BCUT2D eigenvalue weighted by molar-refractivity contribution is 0.0518. The second-order valence-corrected chi connectivity index (χ2v) is 6.67. The molecule has 128 valence electrons. The van der Waals surface area contributed by atoms with E-state index < -0.39 is 0 Å². The molecule has 0 N–H and O–H groups in total. The number of rotatable bonds is 3. The van der Waals surface area contributed by atoms with Gasteiger partial charge in [-0.3, -0.25) is 9.59 Å². The van der Waals surface area contributed by atoms with Gasteiger partial charge in [0.25, 0.3) is 11.5 Å². The van der Waals surface area contributed by atoms with Crippen LogP contribution < -0.4 is 5.56 Å². The van der Waals surface area contributed by atoms with Crippen LogP contribution in [0.5, 0.6) is 0 Å². The lowest BCUT2D eigenvalue weighted by Crippen LogP contribution is -2.41. The maximum absolute atomic E-state index is 13.0. The Labute approximate surface area is 141 Å². The Hall–Kier alpha value is -2.30. The van der Waals surface area contributed by atoms with E-state index in [2.05, 4.69) is 13.8 Å². The van der Waals surface area contributed by atoms with Crippen LogP contribution in [0.4, 0.5) is 0 Å². The highest BCUT2D eigenvalue weighted by atomic mass is 16.3. The number of carbonyl (C=O) groups is 1. The van der Waals surface area contributed by atoms with E-state index in [9.17, 15) is 9.59 Å². The summed E-state index contributed by atoms with van der Waals surface area (Å²) in [5.74, 6) is 2.22. The minimum atomic E-state index is -0.172. The van der Waals surface area contributed by atoms with Gasteiger partial charge in [-0.1, -0.05) is 13.8 Å². The normalized spacial score (nSPS) is 21.0. The second kappa shape index (κ2) is 6.67. The fourth-order valence-electron chi connectivity index (χ4n) is 3.27. The van der Waals surface area contributed by atoms with Gasteiger partial charge in [0.15, 0.2) is 0 Å². The number of pyridine rings is 1. The number of aromatic nitrogens is 1. The Morgan fingerprint density at radius 1 is 1.33 bits per heavy atom. The Morgan fingerprint density at radius 3 is 2.79 bits per heavy atom. The number of furan rings is 1. The van der Waals surface area contributed by atoms with Crippen molar-refractivity contribution in [1.29, 1.82) is 0 Å². The van der Waals surface area contributed by atoms with E-state index in [1.165, 1.54) is 10.6 Å². The molecule has 1 aliphatic rings. The largest absolute Gasteiger partial charge is 0.464 e. The minimum absolute atomic E-state index is 0.0643. The maximum Gasteiger partial charge on any atom is 0.254 e. The first-order chi connectivity index (χ1) is 11.5. The van der Waals surface area contributed by atoms with Gasteiger partial charge in [0.05, 0.1) is 6.04 Å². The molecule has 0 radical (unpaired) electrons. The third-order valence-electron chi connectivity index (χ3n) is 4.84. The zero-order chi connectivity index (χ0) is 17.3. The summed E-state index contributed by atoms with van der Waals surface area (Å²) in [5, 5.41) is 0. The third-order valence-corrected chi connectivity index (χ3v) is 4.84. The maximum atomic E-state index is 13.0. The Balaban J connectivity index is 1.91. The first-order valence-corrected chi connectivity index (χ1v) is 8.56. The average molecular weight is 328 g/mol. The molecule has 0 spiro atoms. The van der Waals surface area contributed by atoms with Crippen molar-refractivity contribution in [3.8, 4) is 0 Å². The molecule has 0 saturated carbocycles. The molecule has 5 nitrogen and oxygen atoms in total. The fraction of sp³-hybridized carbons (Fsp3) is 0.474. The Kier molecular flexibility index (Phi) is 4.60. The van der Waals surface area contributed by atoms with Crippen molar-refractivity contribution in [2.75, 3.05) is 6.54 Å². The van der Waals surface area contributed by atoms with E-state index in [0.29, 0.717) is 18.0 Å². The molecule has 3 rings (SSSR count). The number of hydrogen-bond donors (Lipinski definition) is 0. The average Bonchev–Trinajstić information content (AvgIpc) is 3.05. The van der Waals surface area contributed by atoms with Gasteiger partial charge in [-0.05, 0) is 37.0 Å². The molecule has 24 heavy (non-hydrogen) atoms. The van der Waals surface area contributed by atoms with Crippen molar-refractivity contribution in [3.05, 3.63) is 57.9 Å². The van der Waals surface area contributed by atoms with Gasteiger partial charge in [-0.2, -0.15) is 0 Å². The first-order valence-electron chi connectivity index (χ1n) is 8.56. The van der Waals surface area contributed by atoms with Crippen molar-refractivity contribution in [2.24, 2.45) is 13.0 Å². The summed E-state index contributed by atoms with van der Waals surface area (Å²) in [5.41, 5.74) is 0.272. The van der Waals surface area contributed by atoms with E-state index in [0.717, 1.165) is 30.8 Å². The quantitative estimate of drug-likeness (QED) is 0.870. The van der Waals surface area contributed by atoms with Crippen LogP contribution in [0.1, 0.15) is 54.6 Å². The fourth-order valence-corrected chi connectivity index (χ4v) is 3.27. The molecule has 1 amide bonds. The van der Waals surface area contributed by atoms with Crippen LogP contribution in [-0.4, -0.2) is 21.9 Å². The standard InChI is InChI=1S/C19H24N2O3/c1-4-15-5-6-17(24-15)16-11-13(2)7-10-21(16)19(23)14-8-9-20(3)18(22)12-14/h5-6,8-9,12-13,16H,4,7,10-11H2,1-3H3/t13-,16-/m0/s1. The number of aryl methyl sites for hydroxylation is 2. The van der Waals surface area contributed by atoms with Gasteiger partial charge in [0, 0.05) is 37.8 Å². The van der Waals surface area contributed by atoms with Crippen LogP contribution in [0.15, 0.2) is 39.7 Å². The summed E-state index contributed by atoms with van der Waals surface area (Å²) in [6.45, 7) is 4.94. The predicted molar refractivity (Wildman–Crippen MR) is 91.9 cm³/mol. The molecule has 0 aromatic carbocycles. The molecule has 3 heterocycles. The molecule has 0 bridgehead atoms. The van der Waals surface area contributed by atoms with E-state index in [-0.39, 0.29) is 17.5 Å². The molecule has 1 aliphatic heterocycles. The van der Waals surface area contributed by atoms with Crippen LogP contribution in [0.25, 0.3) is 0 Å². The van der Waals surface area contributed by atoms with Gasteiger partial charge in [0.1, 0.15) is 11.5 Å². The highest BCUT2D eigenvalue weighted by Gasteiger charge is 2.33. The van der Waals surface area contributed by atoms with E-state index in [1.54, 1.807) is 19.3 Å². The van der Waals surface area contributed by atoms with Crippen LogP contribution in [0.2, 0.25) is 0 Å². The summed E-state index contributed by atoms with van der Waals surface area (Å²) >= 11 is 0. The van der Waals surface area contributed by atoms with Crippen molar-refractivity contribution in [2.45, 2.75) is 39.2 Å². The summed E-state index contributed by atoms with van der Waals surface area (Å²) in [7, 11) is 1.68. The van der Waals surface area contributed by atoms with Crippen molar-refractivity contribution < 1.29 is 9.21 Å². The van der Waals surface area contributed by atoms with E-state index in [4.69, 9.17) is 4.42 Å². The van der Waals surface area contributed by atoms with E-state index in [1.807, 2.05) is 17.0 Å². The first kappa shape index (κ1) is 16.6. The number of nitrogens with zero attached hydrogens (tertiary/aromatic N) is 2. The number of hydrogen-bond acceptors (Lipinski definition) is 3. The zero-order valence-electron chi connectivity index (χ0n) is 14.5. The van der Waals surface area contributed by atoms with E-state index >= 15 is 0 Å². The minimum Gasteiger partial charge on any atom is -0.464 e. The summed E-state index contributed by atoms with van der Waals surface area (Å²) < 4.78 is 7.38. The van der Waals surface area contributed by atoms with Crippen LogP contribution in [0.3, 0.4) is 0 Å². The summed E-state index contributed by atoms with van der Waals surface area (Å²) in [4.78, 5) is 26.7. The number of piperidine rings is 1. The summed E-state index contributed by atoms with van der Waals surface area (Å²) in [6, 6.07) is 7.02. The smallest absolute Gasteiger partial charge is 0.254 e. The predicted octanol–water partition coefficient (Wildman–Crippen LogP) is 3.15. The number of likely N-dealkylation sites (tertiary alicyclic amines) is 1. The molecule has 2 aromatic heterocycles. The monoisotopic (exact) mass is 328 g/mol. The van der Waals surface area contributed by atoms with Crippen molar-refractivity contribution >= 4 is 5.91 Å². The molecule has 0 unspecified atom stereocenters. The van der Waals surface area contributed by atoms with Crippen LogP contribution in [0, 0.1) is 5.92 Å². The molecular weight excluding hydrogens is 304 g/mol. The topological polar surface area (TPSA) is 55.5 Å². The summed E-state index contributed by atoms with van der Waals surface area (Å²) in [6.07, 6.45) is 4.33. The molecule has 2 atom stereocenters. The Morgan fingerprint density at radius 2 is 2.12 bits per heavy atom.